The van der Waals surface area contributed by atoms with Crippen molar-refractivity contribution in [3.05, 3.63) is 47.4 Å². The SMILES string of the molecule is Br.O=C(O)Cc1csc2nc(-c3ccc(F)cc3)cn12. The summed E-state index contributed by atoms with van der Waals surface area (Å²) in [6.07, 6.45) is 1.73. The minimum absolute atomic E-state index is 0. The fraction of sp³-hybridized carbons (Fsp3) is 0.0769. The number of hydrogen-bond acceptors (Lipinski definition) is 3. The third kappa shape index (κ3) is 2.73. The summed E-state index contributed by atoms with van der Waals surface area (Å²) in [6, 6.07) is 6.05. The van der Waals surface area contributed by atoms with Crippen LogP contribution >= 0.6 is 28.3 Å². The number of halogens is 2. The third-order valence-corrected chi connectivity index (χ3v) is 3.64. The highest BCUT2D eigenvalue weighted by atomic mass is 79.9. The van der Waals surface area contributed by atoms with Gasteiger partial charge < -0.3 is 5.11 Å². The zero-order valence-electron chi connectivity index (χ0n) is 10.1. The van der Waals surface area contributed by atoms with E-state index in [9.17, 15) is 9.18 Å². The first-order valence-corrected chi connectivity index (χ1v) is 6.44. The van der Waals surface area contributed by atoms with Gasteiger partial charge in [0, 0.05) is 22.8 Å². The number of nitrogens with zero attached hydrogens (tertiary/aromatic N) is 2. The van der Waals surface area contributed by atoms with Crippen LogP contribution in [0.1, 0.15) is 5.69 Å². The van der Waals surface area contributed by atoms with E-state index in [1.54, 1.807) is 28.1 Å². The van der Waals surface area contributed by atoms with E-state index in [0.717, 1.165) is 10.5 Å². The van der Waals surface area contributed by atoms with Crippen molar-refractivity contribution in [2.24, 2.45) is 0 Å². The van der Waals surface area contributed by atoms with Crippen molar-refractivity contribution < 1.29 is 14.3 Å². The van der Waals surface area contributed by atoms with Crippen LogP contribution in [0.4, 0.5) is 4.39 Å². The molecule has 0 unspecified atom stereocenters. The molecule has 1 aromatic carbocycles. The molecular weight excluding hydrogens is 347 g/mol. The van der Waals surface area contributed by atoms with Crippen molar-refractivity contribution in [1.82, 2.24) is 9.38 Å². The van der Waals surface area contributed by atoms with Gasteiger partial charge in [-0.2, -0.15) is 0 Å². The van der Waals surface area contributed by atoms with Gasteiger partial charge in [0.2, 0.25) is 0 Å². The van der Waals surface area contributed by atoms with Crippen molar-refractivity contribution in [3.63, 3.8) is 0 Å². The van der Waals surface area contributed by atoms with Crippen molar-refractivity contribution in [3.8, 4) is 11.3 Å². The molecule has 0 spiro atoms. The summed E-state index contributed by atoms with van der Waals surface area (Å²) in [4.78, 5) is 15.9. The third-order valence-electron chi connectivity index (χ3n) is 2.76. The number of thiazole rings is 1. The van der Waals surface area contributed by atoms with Crippen molar-refractivity contribution >= 4 is 39.2 Å². The Morgan fingerprint density at radius 3 is 2.70 bits per heavy atom. The van der Waals surface area contributed by atoms with Crippen LogP contribution in [0, 0.1) is 5.82 Å². The standard InChI is InChI=1S/C13H9FN2O2S.BrH/c14-9-3-1-8(2-4-9)11-6-16-10(5-12(17)18)7-19-13(16)15-11;/h1-4,6-7H,5H2,(H,17,18);1H. The summed E-state index contributed by atoms with van der Waals surface area (Å²) in [7, 11) is 0. The molecule has 0 radical (unpaired) electrons. The molecule has 2 heterocycles. The maximum Gasteiger partial charge on any atom is 0.309 e. The summed E-state index contributed by atoms with van der Waals surface area (Å²) in [5.41, 5.74) is 2.20. The Balaban J connectivity index is 0.00000147. The molecule has 0 aliphatic carbocycles. The van der Waals surface area contributed by atoms with E-state index in [1.165, 1.54) is 23.5 Å². The second kappa shape index (κ2) is 5.72. The van der Waals surface area contributed by atoms with Crippen LogP contribution in [-0.4, -0.2) is 20.5 Å². The lowest BCUT2D eigenvalue weighted by atomic mass is 10.2. The Morgan fingerprint density at radius 2 is 2.05 bits per heavy atom. The molecule has 0 aliphatic rings. The van der Waals surface area contributed by atoms with Crippen LogP contribution in [0.5, 0.6) is 0 Å². The van der Waals surface area contributed by atoms with E-state index < -0.39 is 5.97 Å². The first kappa shape index (κ1) is 14.7. The van der Waals surface area contributed by atoms with Gasteiger partial charge in [0.15, 0.2) is 4.96 Å². The van der Waals surface area contributed by atoms with Gasteiger partial charge >= 0.3 is 5.97 Å². The first-order chi connectivity index (χ1) is 9.13. The van der Waals surface area contributed by atoms with Gasteiger partial charge in [-0.15, -0.1) is 28.3 Å². The Morgan fingerprint density at radius 1 is 1.35 bits per heavy atom. The molecule has 2 aromatic heterocycles. The smallest absolute Gasteiger partial charge is 0.309 e. The maximum absolute atomic E-state index is 12.9. The van der Waals surface area contributed by atoms with Crippen LogP contribution in [0.25, 0.3) is 16.2 Å². The minimum atomic E-state index is -0.878. The zero-order valence-corrected chi connectivity index (χ0v) is 12.6. The van der Waals surface area contributed by atoms with Gasteiger partial charge in [-0.25, -0.2) is 9.37 Å². The molecule has 0 aliphatic heterocycles. The van der Waals surface area contributed by atoms with Gasteiger partial charge in [0.1, 0.15) is 5.82 Å². The molecule has 1 N–H and O–H groups in total. The molecule has 4 nitrogen and oxygen atoms in total. The van der Waals surface area contributed by atoms with Gasteiger partial charge in [-0.3, -0.25) is 9.20 Å². The molecule has 104 valence electrons. The van der Waals surface area contributed by atoms with Crippen LogP contribution in [0.15, 0.2) is 35.8 Å². The Kier molecular flexibility index (Phi) is 4.20. The Labute approximate surface area is 128 Å². The van der Waals surface area contributed by atoms with Gasteiger partial charge in [0.05, 0.1) is 12.1 Å². The highest BCUT2D eigenvalue weighted by Crippen LogP contribution is 2.24. The summed E-state index contributed by atoms with van der Waals surface area (Å²) in [5, 5.41) is 10.6. The van der Waals surface area contributed by atoms with E-state index in [-0.39, 0.29) is 29.2 Å². The van der Waals surface area contributed by atoms with E-state index >= 15 is 0 Å². The zero-order chi connectivity index (χ0) is 13.4. The van der Waals surface area contributed by atoms with E-state index in [2.05, 4.69) is 4.98 Å². The maximum atomic E-state index is 12.9. The highest BCUT2D eigenvalue weighted by molar-refractivity contribution is 8.93. The lowest BCUT2D eigenvalue weighted by Crippen LogP contribution is -2.02. The molecule has 0 saturated heterocycles. The summed E-state index contributed by atoms with van der Waals surface area (Å²) in [6.45, 7) is 0. The van der Waals surface area contributed by atoms with E-state index in [1.807, 2.05) is 0 Å². The number of imidazole rings is 1. The minimum Gasteiger partial charge on any atom is -0.481 e. The summed E-state index contributed by atoms with van der Waals surface area (Å²) in [5.74, 6) is -1.17. The normalized spacial score (nSPS) is 10.4. The predicted octanol–water partition coefficient (Wildman–Crippen LogP) is 3.41. The van der Waals surface area contributed by atoms with Crippen LogP contribution in [0.2, 0.25) is 0 Å². The number of carboxylic acid groups (broad SMARTS) is 1. The molecule has 0 atom stereocenters. The number of fused-ring (bicyclic) bond motifs is 1. The number of benzene rings is 1. The monoisotopic (exact) mass is 356 g/mol. The lowest BCUT2D eigenvalue weighted by Gasteiger charge is -1.96. The Hall–Kier alpha value is -1.73. The number of carboxylic acids is 1. The number of aliphatic carboxylic acids is 1. The molecule has 0 fully saturated rings. The quantitative estimate of drug-likeness (QED) is 0.782. The molecule has 0 bridgehead atoms. The molecule has 3 aromatic rings. The van der Waals surface area contributed by atoms with E-state index in [4.69, 9.17) is 5.11 Å². The number of rotatable bonds is 3. The second-order valence-corrected chi connectivity index (χ2v) is 4.92. The molecule has 0 saturated carbocycles. The Bertz CT molecular complexity index is 751. The van der Waals surface area contributed by atoms with Gasteiger partial charge in [-0.1, -0.05) is 0 Å². The van der Waals surface area contributed by atoms with Gasteiger partial charge in [-0.05, 0) is 24.3 Å². The average molecular weight is 357 g/mol. The fourth-order valence-electron chi connectivity index (χ4n) is 1.87. The van der Waals surface area contributed by atoms with Gasteiger partial charge in [0.25, 0.3) is 0 Å². The summed E-state index contributed by atoms with van der Waals surface area (Å²) < 4.78 is 14.6. The number of aromatic nitrogens is 2. The first-order valence-electron chi connectivity index (χ1n) is 5.56. The van der Waals surface area contributed by atoms with Crippen molar-refractivity contribution in [1.29, 1.82) is 0 Å². The highest BCUT2D eigenvalue weighted by Gasteiger charge is 2.11. The van der Waals surface area contributed by atoms with Crippen molar-refractivity contribution in [2.45, 2.75) is 6.42 Å². The van der Waals surface area contributed by atoms with E-state index in [0.29, 0.717) is 11.4 Å². The van der Waals surface area contributed by atoms with Crippen LogP contribution in [0.3, 0.4) is 0 Å². The molecule has 7 heteroatoms. The molecular formula is C13H10BrFN2O2S. The second-order valence-electron chi connectivity index (χ2n) is 4.08. The number of carbonyl (C=O) groups is 1. The summed E-state index contributed by atoms with van der Waals surface area (Å²) >= 11 is 1.39. The molecule has 0 amide bonds. The van der Waals surface area contributed by atoms with Crippen molar-refractivity contribution in [2.75, 3.05) is 0 Å². The fourth-order valence-corrected chi connectivity index (χ4v) is 2.74. The van der Waals surface area contributed by atoms with Crippen LogP contribution < -0.4 is 0 Å². The molecule has 3 rings (SSSR count). The topological polar surface area (TPSA) is 54.6 Å². The largest absolute Gasteiger partial charge is 0.481 e. The average Bonchev–Trinajstić information content (AvgIpc) is 2.92. The lowest BCUT2D eigenvalue weighted by molar-refractivity contribution is -0.136. The number of hydrogen-bond donors (Lipinski definition) is 1. The van der Waals surface area contributed by atoms with Crippen LogP contribution in [-0.2, 0) is 11.2 Å². The predicted molar refractivity (Wildman–Crippen MR) is 80.1 cm³/mol. The molecule has 20 heavy (non-hydrogen) atoms.